The monoisotopic (exact) mass is 236 g/mol. The summed E-state index contributed by atoms with van der Waals surface area (Å²) in [6.45, 7) is 0.172. The second kappa shape index (κ2) is 4.43. The van der Waals surface area contributed by atoms with Gasteiger partial charge in [-0.1, -0.05) is 0 Å². The van der Waals surface area contributed by atoms with Crippen molar-refractivity contribution >= 4 is 11.7 Å². The zero-order chi connectivity index (χ0) is 12.3. The molecule has 1 amide bonds. The summed E-state index contributed by atoms with van der Waals surface area (Å²) >= 11 is 0. The number of H-pyrrole nitrogens is 2. The van der Waals surface area contributed by atoms with E-state index in [0.29, 0.717) is 5.82 Å². The van der Waals surface area contributed by atoms with Crippen molar-refractivity contribution < 1.29 is 9.72 Å². The van der Waals surface area contributed by atoms with E-state index in [2.05, 4.69) is 25.5 Å². The van der Waals surface area contributed by atoms with Gasteiger partial charge in [-0.3, -0.25) is 9.89 Å². The molecule has 0 saturated carbocycles. The van der Waals surface area contributed by atoms with Crippen molar-refractivity contribution in [1.29, 1.82) is 0 Å². The van der Waals surface area contributed by atoms with E-state index >= 15 is 0 Å². The van der Waals surface area contributed by atoms with Gasteiger partial charge in [0.05, 0.1) is 6.54 Å². The largest absolute Gasteiger partial charge is 0.358 e. The summed E-state index contributed by atoms with van der Waals surface area (Å²) < 4.78 is 0. The zero-order valence-corrected chi connectivity index (χ0v) is 8.51. The molecule has 2 rings (SSSR count). The first kappa shape index (κ1) is 10.8. The molecular weight excluding hydrogens is 228 g/mol. The van der Waals surface area contributed by atoms with Gasteiger partial charge in [-0.2, -0.15) is 5.10 Å². The summed E-state index contributed by atoms with van der Waals surface area (Å²) in [5, 5.41) is 19.1. The molecule has 0 aliphatic heterocycles. The van der Waals surface area contributed by atoms with E-state index in [-0.39, 0.29) is 18.1 Å². The lowest BCUT2D eigenvalue weighted by molar-refractivity contribution is -0.389. The highest BCUT2D eigenvalue weighted by molar-refractivity contribution is 5.92. The zero-order valence-electron chi connectivity index (χ0n) is 8.51. The van der Waals surface area contributed by atoms with E-state index < -0.39 is 10.8 Å². The number of amides is 1. The minimum Gasteiger partial charge on any atom is -0.358 e. The molecule has 2 heterocycles. The van der Waals surface area contributed by atoms with Crippen molar-refractivity contribution in [1.82, 2.24) is 25.5 Å². The number of hydrogen-bond donors (Lipinski definition) is 3. The van der Waals surface area contributed by atoms with Crippen molar-refractivity contribution in [2.75, 3.05) is 0 Å². The first-order chi connectivity index (χ1) is 8.16. The predicted octanol–water partition coefficient (Wildman–Crippen LogP) is -0.0290. The molecule has 0 spiro atoms. The third-order valence-electron chi connectivity index (χ3n) is 1.99. The van der Waals surface area contributed by atoms with Gasteiger partial charge in [0.15, 0.2) is 5.69 Å². The maximum atomic E-state index is 11.5. The van der Waals surface area contributed by atoms with Gasteiger partial charge in [0, 0.05) is 6.07 Å². The molecule has 0 aromatic carbocycles. The smallest absolute Gasteiger partial charge is 0.321 e. The summed E-state index contributed by atoms with van der Waals surface area (Å²) in [6.07, 6.45) is 1.32. The van der Waals surface area contributed by atoms with Crippen LogP contribution in [0.2, 0.25) is 0 Å². The van der Waals surface area contributed by atoms with Crippen LogP contribution in [-0.2, 0) is 6.54 Å². The lowest BCUT2D eigenvalue weighted by Gasteiger charge is -1.98. The fourth-order valence-electron chi connectivity index (χ4n) is 1.20. The van der Waals surface area contributed by atoms with Crippen LogP contribution < -0.4 is 5.32 Å². The normalized spacial score (nSPS) is 10.1. The third-order valence-corrected chi connectivity index (χ3v) is 1.99. The molecule has 17 heavy (non-hydrogen) atoms. The molecule has 2 aromatic rings. The Morgan fingerprint density at radius 1 is 1.53 bits per heavy atom. The van der Waals surface area contributed by atoms with Crippen LogP contribution in [0.3, 0.4) is 0 Å². The Balaban J connectivity index is 1.97. The second-order valence-electron chi connectivity index (χ2n) is 3.13. The highest BCUT2D eigenvalue weighted by Gasteiger charge is 2.15. The van der Waals surface area contributed by atoms with Crippen LogP contribution in [0, 0.1) is 10.1 Å². The molecular formula is C8H8N6O3. The first-order valence-electron chi connectivity index (χ1n) is 4.62. The number of hydrogen-bond acceptors (Lipinski definition) is 5. The Labute approximate surface area is 94.4 Å². The van der Waals surface area contributed by atoms with E-state index in [0.717, 1.165) is 0 Å². The molecule has 9 heteroatoms. The SMILES string of the molecule is O=C(NCc1ncn[nH]1)c1ccc([N+](=O)[O-])[nH]1. The topological polar surface area (TPSA) is 130 Å². The average Bonchev–Trinajstić information content (AvgIpc) is 2.96. The molecule has 0 aliphatic rings. The second-order valence-corrected chi connectivity index (χ2v) is 3.13. The highest BCUT2D eigenvalue weighted by atomic mass is 16.6. The van der Waals surface area contributed by atoms with Crippen LogP contribution in [0.15, 0.2) is 18.5 Å². The van der Waals surface area contributed by atoms with Gasteiger partial charge in [-0.25, -0.2) is 9.97 Å². The first-order valence-corrected chi connectivity index (χ1v) is 4.62. The number of aromatic nitrogens is 4. The summed E-state index contributed by atoms with van der Waals surface area (Å²) in [4.78, 5) is 27.5. The summed E-state index contributed by atoms with van der Waals surface area (Å²) in [5.74, 6) is -0.177. The van der Waals surface area contributed by atoms with E-state index in [1.165, 1.54) is 18.5 Å². The van der Waals surface area contributed by atoms with Gasteiger partial charge in [-0.05, 0) is 11.0 Å². The van der Waals surface area contributed by atoms with Crippen LogP contribution in [0.4, 0.5) is 5.82 Å². The molecule has 3 N–H and O–H groups in total. The Morgan fingerprint density at radius 2 is 2.35 bits per heavy atom. The molecule has 0 bridgehead atoms. The average molecular weight is 236 g/mol. The fraction of sp³-hybridized carbons (Fsp3) is 0.125. The minimum atomic E-state index is -0.604. The predicted molar refractivity (Wildman–Crippen MR) is 55.0 cm³/mol. The Hall–Kier alpha value is -2.71. The number of rotatable bonds is 4. The van der Waals surface area contributed by atoms with Gasteiger partial charge in [0.2, 0.25) is 0 Å². The molecule has 0 fully saturated rings. The summed E-state index contributed by atoms with van der Waals surface area (Å²) in [7, 11) is 0. The Kier molecular flexibility index (Phi) is 2.81. The van der Waals surface area contributed by atoms with Gasteiger partial charge >= 0.3 is 5.82 Å². The quantitative estimate of drug-likeness (QED) is 0.507. The molecule has 2 aromatic heterocycles. The summed E-state index contributed by atoms with van der Waals surface area (Å²) in [6, 6.07) is 2.57. The van der Waals surface area contributed by atoms with Crippen LogP contribution in [0.5, 0.6) is 0 Å². The number of nitrogens with one attached hydrogen (secondary N) is 3. The van der Waals surface area contributed by atoms with E-state index in [9.17, 15) is 14.9 Å². The summed E-state index contributed by atoms with van der Waals surface area (Å²) in [5.41, 5.74) is 0.121. The van der Waals surface area contributed by atoms with Gasteiger partial charge < -0.3 is 15.4 Å². The molecule has 9 nitrogen and oxygen atoms in total. The number of carbonyl (C=O) groups is 1. The van der Waals surface area contributed by atoms with Crippen LogP contribution in [-0.4, -0.2) is 31.0 Å². The maximum Gasteiger partial charge on any atom is 0.321 e. The fourth-order valence-corrected chi connectivity index (χ4v) is 1.20. The minimum absolute atomic E-state index is 0.121. The molecule has 0 radical (unpaired) electrons. The molecule has 0 unspecified atom stereocenters. The number of carbonyl (C=O) groups excluding carboxylic acids is 1. The van der Waals surface area contributed by atoms with Crippen LogP contribution in [0.25, 0.3) is 0 Å². The maximum absolute atomic E-state index is 11.5. The third kappa shape index (κ3) is 2.45. The lowest BCUT2D eigenvalue weighted by atomic mass is 10.4. The highest BCUT2D eigenvalue weighted by Crippen LogP contribution is 2.09. The van der Waals surface area contributed by atoms with Crippen molar-refractivity contribution in [3.63, 3.8) is 0 Å². The van der Waals surface area contributed by atoms with E-state index in [4.69, 9.17) is 0 Å². The Morgan fingerprint density at radius 3 is 2.94 bits per heavy atom. The van der Waals surface area contributed by atoms with Crippen LogP contribution in [0.1, 0.15) is 16.3 Å². The molecule has 88 valence electrons. The molecule has 0 atom stereocenters. The number of aromatic amines is 2. The van der Waals surface area contributed by atoms with Crippen molar-refractivity contribution in [2.45, 2.75) is 6.54 Å². The van der Waals surface area contributed by atoms with Gasteiger partial charge in [0.1, 0.15) is 12.2 Å². The van der Waals surface area contributed by atoms with E-state index in [1.807, 2.05) is 0 Å². The number of nitrogens with zero attached hydrogens (tertiary/aromatic N) is 3. The van der Waals surface area contributed by atoms with Gasteiger partial charge in [0.25, 0.3) is 5.91 Å². The van der Waals surface area contributed by atoms with Crippen molar-refractivity contribution in [3.8, 4) is 0 Å². The number of nitro groups is 1. The van der Waals surface area contributed by atoms with Crippen molar-refractivity contribution in [2.24, 2.45) is 0 Å². The van der Waals surface area contributed by atoms with E-state index in [1.54, 1.807) is 0 Å². The van der Waals surface area contributed by atoms with Crippen LogP contribution >= 0.6 is 0 Å². The molecule has 0 aliphatic carbocycles. The Bertz CT molecular complexity index is 531. The lowest BCUT2D eigenvalue weighted by Crippen LogP contribution is -2.23. The molecule has 0 saturated heterocycles. The van der Waals surface area contributed by atoms with Crippen molar-refractivity contribution in [3.05, 3.63) is 40.1 Å². The van der Waals surface area contributed by atoms with Gasteiger partial charge in [-0.15, -0.1) is 0 Å². The standard InChI is InChI=1S/C8H8N6O3/c15-8(9-3-6-10-4-11-13-6)5-1-2-7(12-5)14(16)17/h1-2,4,12H,3H2,(H,9,15)(H,10,11,13).